The second-order valence-electron chi connectivity index (χ2n) is 4.62. The summed E-state index contributed by atoms with van der Waals surface area (Å²) in [5.41, 5.74) is -0.104. The summed E-state index contributed by atoms with van der Waals surface area (Å²) in [6, 6.07) is 5.16. The Hall–Kier alpha value is -0.770. The predicted molar refractivity (Wildman–Crippen MR) is 67.4 cm³/mol. The average molecular weight is 274 g/mol. The lowest BCUT2D eigenvalue weighted by atomic mass is 9.96. The lowest BCUT2D eigenvalue weighted by molar-refractivity contribution is -0.151. The molecule has 0 saturated carbocycles. The molecule has 1 heterocycles. The Balaban J connectivity index is 2.05. The lowest BCUT2D eigenvalue weighted by Gasteiger charge is -2.44. The molecule has 1 saturated heterocycles. The van der Waals surface area contributed by atoms with Crippen LogP contribution in [0.15, 0.2) is 18.2 Å². The third kappa shape index (κ3) is 2.73. The van der Waals surface area contributed by atoms with Gasteiger partial charge >= 0.3 is 0 Å². The van der Waals surface area contributed by atoms with Crippen LogP contribution in [0.1, 0.15) is 12.5 Å². The van der Waals surface area contributed by atoms with E-state index in [0.717, 1.165) is 0 Å². The number of amides is 1. The van der Waals surface area contributed by atoms with E-state index in [-0.39, 0.29) is 12.3 Å². The zero-order valence-electron chi connectivity index (χ0n) is 9.41. The fraction of sp³-hybridized carbons (Fsp3) is 0.417. The Morgan fingerprint density at radius 3 is 2.41 bits per heavy atom. The Kier molecular flexibility index (Phi) is 3.34. The number of β-amino-alcohol motifs (C(OH)–C–C–N with tert-alkyl or cyclic N) is 1. The van der Waals surface area contributed by atoms with Gasteiger partial charge in [-0.05, 0) is 24.6 Å². The zero-order chi connectivity index (χ0) is 12.6. The third-order valence-corrected chi connectivity index (χ3v) is 3.51. The minimum atomic E-state index is -0.750. The maximum Gasteiger partial charge on any atom is 0.227 e. The number of hydrogen-bond donors (Lipinski definition) is 1. The van der Waals surface area contributed by atoms with E-state index < -0.39 is 5.60 Å². The number of rotatable bonds is 2. The number of carbonyl (C=O) groups is 1. The molecule has 1 amide bonds. The van der Waals surface area contributed by atoms with E-state index in [0.29, 0.717) is 28.7 Å². The Morgan fingerprint density at radius 2 is 1.94 bits per heavy atom. The summed E-state index contributed by atoms with van der Waals surface area (Å²) in [6.45, 7) is 2.45. The van der Waals surface area contributed by atoms with Crippen LogP contribution in [0.4, 0.5) is 0 Å². The van der Waals surface area contributed by atoms with Crippen LogP contribution in [0.2, 0.25) is 10.0 Å². The van der Waals surface area contributed by atoms with Gasteiger partial charge in [0, 0.05) is 10.0 Å². The molecule has 0 radical (unpaired) electrons. The fourth-order valence-corrected chi connectivity index (χ4v) is 2.45. The maximum absolute atomic E-state index is 11.9. The van der Waals surface area contributed by atoms with Crippen molar-refractivity contribution in [3.8, 4) is 0 Å². The first kappa shape index (κ1) is 12.7. The summed E-state index contributed by atoms with van der Waals surface area (Å²) in [5, 5.41) is 10.6. The molecule has 1 aromatic rings. The van der Waals surface area contributed by atoms with Crippen LogP contribution in [0.5, 0.6) is 0 Å². The molecule has 0 bridgehead atoms. The largest absolute Gasteiger partial charge is 0.386 e. The van der Waals surface area contributed by atoms with Crippen molar-refractivity contribution in [3.63, 3.8) is 0 Å². The van der Waals surface area contributed by atoms with Crippen LogP contribution in [0.25, 0.3) is 0 Å². The highest BCUT2D eigenvalue weighted by Crippen LogP contribution is 2.27. The molecule has 0 aliphatic carbocycles. The molecule has 1 N–H and O–H groups in total. The molecule has 92 valence electrons. The molecule has 1 fully saturated rings. The van der Waals surface area contributed by atoms with Crippen molar-refractivity contribution in [2.45, 2.75) is 18.9 Å². The van der Waals surface area contributed by atoms with E-state index in [2.05, 4.69) is 0 Å². The standard InChI is InChI=1S/C12H13Cl2NO2/c1-12(17)6-15(7-12)11(16)5-8-9(13)3-2-4-10(8)14/h2-4,17H,5-7H2,1H3. The first-order chi connectivity index (χ1) is 7.89. The minimum absolute atomic E-state index is 0.0634. The monoisotopic (exact) mass is 273 g/mol. The van der Waals surface area contributed by atoms with Gasteiger partial charge in [-0.25, -0.2) is 0 Å². The van der Waals surface area contributed by atoms with Gasteiger partial charge in [0.2, 0.25) is 5.91 Å². The van der Waals surface area contributed by atoms with Crippen molar-refractivity contribution in [1.29, 1.82) is 0 Å². The smallest absolute Gasteiger partial charge is 0.227 e. The Labute approximate surface area is 110 Å². The first-order valence-electron chi connectivity index (χ1n) is 5.32. The molecule has 17 heavy (non-hydrogen) atoms. The van der Waals surface area contributed by atoms with Crippen LogP contribution in [-0.2, 0) is 11.2 Å². The highest BCUT2D eigenvalue weighted by Gasteiger charge is 2.39. The zero-order valence-corrected chi connectivity index (χ0v) is 10.9. The summed E-state index contributed by atoms with van der Waals surface area (Å²) in [7, 11) is 0. The third-order valence-electron chi connectivity index (χ3n) is 2.81. The van der Waals surface area contributed by atoms with E-state index in [1.165, 1.54) is 0 Å². The number of likely N-dealkylation sites (tertiary alicyclic amines) is 1. The summed E-state index contributed by atoms with van der Waals surface area (Å²) in [5.74, 6) is -0.0634. The van der Waals surface area contributed by atoms with E-state index in [1.54, 1.807) is 30.0 Å². The van der Waals surface area contributed by atoms with Gasteiger partial charge in [0.25, 0.3) is 0 Å². The van der Waals surface area contributed by atoms with Crippen molar-refractivity contribution >= 4 is 29.1 Å². The molecular weight excluding hydrogens is 261 g/mol. The lowest BCUT2D eigenvalue weighted by Crippen LogP contribution is -2.62. The highest BCUT2D eigenvalue weighted by atomic mass is 35.5. The molecule has 1 aromatic carbocycles. The molecule has 0 unspecified atom stereocenters. The fourth-order valence-electron chi connectivity index (χ4n) is 1.92. The van der Waals surface area contributed by atoms with Crippen LogP contribution < -0.4 is 0 Å². The summed E-state index contributed by atoms with van der Waals surface area (Å²) in [4.78, 5) is 13.5. The van der Waals surface area contributed by atoms with Crippen molar-refractivity contribution in [2.24, 2.45) is 0 Å². The van der Waals surface area contributed by atoms with E-state index in [1.807, 2.05) is 0 Å². The summed E-state index contributed by atoms with van der Waals surface area (Å²) >= 11 is 12.0. The predicted octanol–water partition coefficient (Wildman–Crippen LogP) is 2.13. The molecule has 5 heteroatoms. The Morgan fingerprint density at radius 1 is 1.41 bits per heavy atom. The average Bonchev–Trinajstić information content (AvgIpc) is 2.20. The number of carbonyl (C=O) groups excluding carboxylic acids is 1. The van der Waals surface area contributed by atoms with E-state index >= 15 is 0 Å². The number of hydrogen-bond acceptors (Lipinski definition) is 2. The summed E-state index contributed by atoms with van der Waals surface area (Å²) < 4.78 is 0. The Bertz CT molecular complexity index is 432. The molecule has 3 nitrogen and oxygen atoms in total. The van der Waals surface area contributed by atoms with Gasteiger partial charge in [-0.15, -0.1) is 0 Å². The van der Waals surface area contributed by atoms with Crippen LogP contribution in [0.3, 0.4) is 0 Å². The van der Waals surface area contributed by atoms with Crippen molar-refractivity contribution in [3.05, 3.63) is 33.8 Å². The first-order valence-corrected chi connectivity index (χ1v) is 6.08. The number of nitrogens with zero attached hydrogens (tertiary/aromatic N) is 1. The van der Waals surface area contributed by atoms with E-state index in [4.69, 9.17) is 23.2 Å². The van der Waals surface area contributed by atoms with Crippen LogP contribution >= 0.6 is 23.2 Å². The molecule has 0 atom stereocenters. The molecule has 1 aliphatic rings. The second-order valence-corrected chi connectivity index (χ2v) is 5.44. The quantitative estimate of drug-likeness (QED) is 0.897. The highest BCUT2D eigenvalue weighted by molar-refractivity contribution is 6.36. The molecular formula is C12H13Cl2NO2. The van der Waals surface area contributed by atoms with Gasteiger partial charge in [0.15, 0.2) is 0 Å². The number of aliphatic hydroxyl groups is 1. The normalized spacial score (nSPS) is 17.8. The molecule has 0 aromatic heterocycles. The maximum atomic E-state index is 11.9. The topological polar surface area (TPSA) is 40.5 Å². The number of benzene rings is 1. The van der Waals surface area contributed by atoms with Crippen molar-refractivity contribution < 1.29 is 9.90 Å². The van der Waals surface area contributed by atoms with Crippen molar-refractivity contribution in [2.75, 3.05) is 13.1 Å². The SMILES string of the molecule is CC1(O)CN(C(=O)Cc2c(Cl)cccc2Cl)C1. The van der Waals surface area contributed by atoms with Crippen molar-refractivity contribution in [1.82, 2.24) is 4.90 Å². The van der Waals surface area contributed by atoms with Gasteiger partial charge in [-0.1, -0.05) is 29.3 Å². The van der Waals surface area contributed by atoms with Gasteiger partial charge in [-0.3, -0.25) is 4.79 Å². The molecule has 0 spiro atoms. The van der Waals surface area contributed by atoms with E-state index in [9.17, 15) is 9.90 Å². The van der Waals surface area contributed by atoms with Crippen LogP contribution in [0, 0.1) is 0 Å². The molecule has 2 rings (SSSR count). The summed E-state index contributed by atoms with van der Waals surface area (Å²) in [6.07, 6.45) is 0.175. The second kappa shape index (κ2) is 4.48. The van der Waals surface area contributed by atoms with Crippen LogP contribution in [-0.4, -0.2) is 34.6 Å². The van der Waals surface area contributed by atoms with Gasteiger partial charge in [-0.2, -0.15) is 0 Å². The van der Waals surface area contributed by atoms with Gasteiger partial charge in [0.05, 0.1) is 25.1 Å². The van der Waals surface area contributed by atoms with Gasteiger partial charge < -0.3 is 10.0 Å². The van der Waals surface area contributed by atoms with Gasteiger partial charge in [0.1, 0.15) is 0 Å². The number of halogens is 2. The molecule has 1 aliphatic heterocycles. The minimum Gasteiger partial charge on any atom is -0.386 e.